The molecule has 0 amide bonds. The highest BCUT2D eigenvalue weighted by Gasteiger charge is 2.72. The van der Waals surface area contributed by atoms with E-state index in [2.05, 4.69) is 40.7 Å². The number of aliphatic hydroxyl groups excluding tert-OH is 13. The molecule has 73 heavy (non-hydrogen) atoms. The van der Waals surface area contributed by atoms with Gasteiger partial charge in [-0.15, -0.1) is 0 Å². The standard InChI is InChI=1S/C52H88O21/c1-23(2)10-9-14-52(8,73-47-41(64)38(61)36(59)29(70-47)22-68-44-42(65)43(27(56)21-66-44)72-45-39(62)34(57)26(55)20-67-45)24-11-16-51(7)33(24)25(54)18-31-49(5)15-13-32(48(3,4)30(49)12-17-50(31,51)6)71-46-40(63)37(60)35(58)28(19-53)69-46/h10,24-47,53-65H,9,11-22H2,1-8H3/t24-,25+,26+,27-,28-,29+,30+,31-,32+,33+,34-,35-,36-,37-,38+,39+,40+,41-,42-,43+,44+,45+,46-,47+,49-,50-,51+,52+/m1/s1. The van der Waals surface area contributed by atoms with Gasteiger partial charge in [0.15, 0.2) is 25.2 Å². The number of hydrogen-bond donors (Lipinski definition) is 13. The SMILES string of the molecule is CC(C)=CCC[C@](C)(O[C@@H]1O[C@@H](CO[C@@H]2OC[C@@H](O)[C@H](O[C@@H]3OC[C@H](O)[C@@H](O)[C@@H]3O)[C@H]2O)[C@@H](O)[C@H](O)[C@H]1O)[C@@H]1CC[C@@]2(C)[C@@H]1[C@@H](O)C[C@@H]1[C@]3(C)CC[C@H](O[C@H]4O[C@H](CO)[C@@H](O)[C@@H](O)[C@@H]4O)C(C)(C)[C@@H]3CC[C@]12C. The van der Waals surface area contributed by atoms with Crippen molar-refractivity contribution in [3.05, 3.63) is 11.6 Å². The molecule has 0 spiro atoms. The Balaban J connectivity index is 0.980. The van der Waals surface area contributed by atoms with E-state index in [1.807, 2.05) is 20.8 Å². The zero-order valence-corrected chi connectivity index (χ0v) is 43.7. The summed E-state index contributed by atoms with van der Waals surface area (Å²) < 4.78 is 48.0. The van der Waals surface area contributed by atoms with Crippen molar-refractivity contribution in [3.63, 3.8) is 0 Å². The summed E-state index contributed by atoms with van der Waals surface area (Å²) in [6, 6.07) is 0. The van der Waals surface area contributed by atoms with E-state index >= 15 is 0 Å². The number of aliphatic hydroxyl groups is 13. The van der Waals surface area contributed by atoms with Crippen molar-refractivity contribution < 1.29 is 104 Å². The van der Waals surface area contributed by atoms with E-state index < -0.39 is 141 Å². The molecule has 13 N–H and O–H groups in total. The third-order valence-electron chi connectivity index (χ3n) is 20.1. The Kier molecular flexibility index (Phi) is 17.4. The number of rotatable bonds is 14. The summed E-state index contributed by atoms with van der Waals surface area (Å²) in [5, 5.41) is 141. The summed E-state index contributed by atoms with van der Waals surface area (Å²) in [5.41, 5.74) is -1.17. The lowest BCUT2D eigenvalue weighted by molar-refractivity contribution is -0.353. The lowest BCUT2D eigenvalue weighted by Crippen LogP contribution is -2.67. The maximum atomic E-state index is 12.8. The first-order valence-corrected chi connectivity index (χ1v) is 26.7. The molecule has 21 nitrogen and oxygen atoms in total. The number of allylic oxidation sites excluding steroid dienone is 2. The molecule has 0 aromatic heterocycles. The van der Waals surface area contributed by atoms with E-state index in [0.29, 0.717) is 32.1 Å². The predicted molar refractivity (Wildman–Crippen MR) is 254 cm³/mol. The normalized spacial score (nSPS) is 52.8. The van der Waals surface area contributed by atoms with E-state index in [-0.39, 0.29) is 59.2 Å². The molecule has 8 aliphatic rings. The summed E-state index contributed by atoms with van der Waals surface area (Å²) in [4.78, 5) is 0. The van der Waals surface area contributed by atoms with Crippen LogP contribution < -0.4 is 0 Å². The Morgan fingerprint density at radius 1 is 0.603 bits per heavy atom. The minimum atomic E-state index is -1.75. The molecule has 8 fully saturated rings. The molecule has 21 heteroatoms. The summed E-state index contributed by atoms with van der Waals surface area (Å²) in [6.07, 6.45) is -19.7. The van der Waals surface area contributed by atoms with Gasteiger partial charge in [-0.1, -0.05) is 46.3 Å². The van der Waals surface area contributed by atoms with Gasteiger partial charge in [0.2, 0.25) is 0 Å². The van der Waals surface area contributed by atoms with Crippen LogP contribution in [0, 0.1) is 45.3 Å². The van der Waals surface area contributed by atoms with E-state index in [0.717, 1.165) is 31.3 Å². The van der Waals surface area contributed by atoms with Gasteiger partial charge in [0, 0.05) is 0 Å². The first-order valence-electron chi connectivity index (χ1n) is 26.7. The molecule has 0 aromatic carbocycles. The van der Waals surface area contributed by atoms with Crippen molar-refractivity contribution in [2.45, 2.75) is 242 Å². The van der Waals surface area contributed by atoms with E-state index in [1.54, 1.807) is 0 Å². The van der Waals surface area contributed by atoms with Crippen molar-refractivity contribution in [2.75, 3.05) is 26.4 Å². The highest BCUT2D eigenvalue weighted by atomic mass is 16.7. The molecule has 0 bridgehead atoms. The van der Waals surface area contributed by atoms with Crippen molar-refractivity contribution in [2.24, 2.45) is 45.3 Å². The van der Waals surface area contributed by atoms with Gasteiger partial charge < -0.3 is 104 Å². The first kappa shape index (κ1) is 58.1. The topological polar surface area (TPSA) is 337 Å². The summed E-state index contributed by atoms with van der Waals surface area (Å²) in [7, 11) is 0. The van der Waals surface area contributed by atoms with Gasteiger partial charge in [-0.25, -0.2) is 0 Å². The van der Waals surface area contributed by atoms with Crippen LogP contribution in [-0.4, -0.2) is 221 Å². The Hall–Kier alpha value is -1.10. The second-order valence-corrected chi connectivity index (χ2v) is 24.8. The predicted octanol–water partition coefficient (Wildman–Crippen LogP) is -0.924. The molecule has 0 radical (unpaired) electrons. The van der Waals surface area contributed by atoms with Crippen molar-refractivity contribution in [1.82, 2.24) is 0 Å². The van der Waals surface area contributed by atoms with E-state index in [1.165, 1.54) is 0 Å². The highest BCUT2D eigenvalue weighted by molar-refractivity contribution is 5.20. The molecule has 4 aliphatic heterocycles. The van der Waals surface area contributed by atoms with Crippen LogP contribution in [0.15, 0.2) is 11.6 Å². The zero-order chi connectivity index (χ0) is 53.5. The van der Waals surface area contributed by atoms with Crippen LogP contribution in [0.25, 0.3) is 0 Å². The fraction of sp³-hybridized carbons (Fsp3) is 0.962. The van der Waals surface area contributed by atoms with Crippen LogP contribution >= 0.6 is 0 Å². The van der Waals surface area contributed by atoms with Crippen molar-refractivity contribution >= 4 is 0 Å². The quantitative estimate of drug-likeness (QED) is 0.0739. The van der Waals surface area contributed by atoms with Crippen LogP contribution in [0.4, 0.5) is 0 Å². The summed E-state index contributed by atoms with van der Waals surface area (Å²) in [5.74, 6) is -0.201. The Labute approximate surface area is 428 Å². The number of hydrogen-bond acceptors (Lipinski definition) is 21. The van der Waals surface area contributed by atoms with E-state index in [4.69, 9.17) is 37.9 Å². The van der Waals surface area contributed by atoms with Gasteiger partial charge in [0.05, 0.1) is 44.2 Å². The second-order valence-electron chi connectivity index (χ2n) is 24.8. The van der Waals surface area contributed by atoms with Crippen LogP contribution in [0.5, 0.6) is 0 Å². The summed E-state index contributed by atoms with van der Waals surface area (Å²) in [6.45, 7) is 15.6. The molecule has 422 valence electrons. The molecule has 4 saturated heterocycles. The van der Waals surface area contributed by atoms with Crippen molar-refractivity contribution in [1.29, 1.82) is 0 Å². The number of fused-ring (bicyclic) bond motifs is 5. The number of ether oxygens (including phenoxy) is 8. The van der Waals surface area contributed by atoms with Crippen LogP contribution in [0.1, 0.15) is 113 Å². The lowest BCUT2D eigenvalue weighted by Gasteiger charge is -2.71. The minimum absolute atomic E-state index is 0.117. The largest absolute Gasteiger partial charge is 0.394 e. The van der Waals surface area contributed by atoms with Gasteiger partial charge in [0.25, 0.3) is 0 Å². The fourth-order valence-corrected chi connectivity index (χ4v) is 15.7. The van der Waals surface area contributed by atoms with Crippen LogP contribution in [0.2, 0.25) is 0 Å². The minimum Gasteiger partial charge on any atom is -0.394 e. The Bertz CT molecular complexity index is 1890. The van der Waals surface area contributed by atoms with Gasteiger partial charge >= 0.3 is 0 Å². The molecule has 0 aromatic rings. The summed E-state index contributed by atoms with van der Waals surface area (Å²) >= 11 is 0. The van der Waals surface area contributed by atoms with Gasteiger partial charge in [-0.3, -0.25) is 0 Å². The molecule has 4 heterocycles. The lowest BCUT2D eigenvalue weighted by atomic mass is 9.35. The monoisotopic (exact) mass is 1050 g/mol. The second kappa shape index (κ2) is 21.9. The highest BCUT2D eigenvalue weighted by Crippen LogP contribution is 2.76. The van der Waals surface area contributed by atoms with E-state index in [9.17, 15) is 66.4 Å². The maximum absolute atomic E-state index is 12.8. The molecule has 28 atom stereocenters. The Morgan fingerprint density at radius 2 is 1.21 bits per heavy atom. The molecule has 8 rings (SSSR count). The molecule has 4 aliphatic carbocycles. The third-order valence-corrected chi connectivity index (χ3v) is 20.1. The average Bonchev–Trinajstić information content (AvgIpc) is 3.72. The fourth-order valence-electron chi connectivity index (χ4n) is 15.7. The molecular formula is C52H88O21. The Morgan fingerprint density at radius 3 is 1.88 bits per heavy atom. The average molecular weight is 1050 g/mol. The van der Waals surface area contributed by atoms with Crippen LogP contribution in [0.3, 0.4) is 0 Å². The molecule has 0 unspecified atom stereocenters. The first-order chi connectivity index (χ1) is 34.1. The molecular weight excluding hydrogens is 961 g/mol. The van der Waals surface area contributed by atoms with Gasteiger partial charge in [-0.05, 0) is 124 Å². The molecule has 4 saturated carbocycles. The van der Waals surface area contributed by atoms with Gasteiger partial charge in [0.1, 0.15) is 85.5 Å². The maximum Gasteiger partial charge on any atom is 0.187 e. The zero-order valence-electron chi connectivity index (χ0n) is 43.7. The van der Waals surface area contributed by atoms with Crippen LogP contribution in [-0.2, 0) is 37.9 Å². The smallest absolute Gasteiger partial charge is 0.187 e. The van der Waals surface area contributed by atoms with Crippen molar-refractivity contribution in [3.8, 4) is 0 Å². The third kappa shape index (κ3) is 10.3. The van der Waals surface area contributed by atoms with Gasteiger partial charge in [-0.2, -0.15) is 0 Å².